The molecule has 1 rings (SSSR count). The van der Waals surface area contributed by atoms with Gasteiger partial charge in [-0.1, -0.05) is 32.3 Å². The number of rotatable bonds is 6. The van der Waals surface area contributed by atoms with Crippen LogP contribution in [0.25, 0.3) is 0 Å². The lowest BCUT2D eigenvalue weighted by Gasteiger charge is -2.16. The Morgan fingerprint density at radius 3 is 2.75 bits per heavy atom. The molecule has 3 nitrogen and oxygen atoms in total. The van der Waals surface area contributed by atoms with Gasteiger partial charge in [-0.3, -0.25) is 0 Å². The second-order valence-electron chi connectivity index (χ2n) is 4.00. The van der Waals surface area contributed by atoms with E-state index in [1.807, 2.05) is 6.07 Å². The second kappa shape index (κ2) is 6.38. The number of phenols is 1. The number of ether oxygens (including phenoxy) is 1. The van der Waals surface area contributed by atoms with Gasteiger partial charge < -0.3 is 15.6 Å². The molecule has 0 aromatic heterocycles. The minimum atomic E-state index is -0.150. The molecule has 0 heterocycles. The van der Waals surface area contributed by atoms with Gasteiger partial charge in [0.25, 0.3) is 0 Å². The summed E-state index contributed by atoms with van der Waals surface area (Å²) < 4.78 is 5.21. The Bertz CT molecular complexity index is 326. The topological polar surface area (TPSA) is 55.5 Å². The molecule has 0 unspecified atom stereocenters. The molecule has 0 aliphatic heterocycles. The van der Waals surface area contributed by atoms with Crippen LogP contribution in [0.3, 0.4) is 0 Å². The molecule has 0 saturated heterocycles. The highest BCUT2D eigenvalue weighted by Crippen LogP contribution is 2.34. The van der Waals surface area contributed by atoms with Gasteiger partial charge in [-0.05, 0) is 18.6 Å². The third-order valence-electron chi connectivity index (χ3n) is 2.75. The van der Waals surface area contributed by atoms with Gasteiger partial charge in [0, 0.05) is 6.04 Å². The largest absolute Gasteiger partial charge is 0.507 e. The van der Waals surface area contributed by atoms with Crippen molar-refractivity contribution in [3.8, 4) is 11.5 Å². The van der Waals surface area contributed by atoms with Crippen molar-refractivity contribution in [2.45, 2.75) is 38.6 Å². The first-order valence-electron chi connectivity index (χ1n) is 5.82. The van der Waals surface area contributed by atoms with Crippen molar-refractivity contribution in [2.24, 2.45) is 5.73 Å². The van der Waals surface area contributed by atoms with Crippen LogP contribution in [0.2, 0.25) is 0 Å². The fourth-order valence-corrected chi connectivity index (χ4v) is 1.84. The van der Waals surface area contributed by atoms with Gasteiger partial charge in [0.05, 0.1) is 12.7 Å². The number of unbranched alkanes of at least 4 members (excludes halogenated alkanes) is 2. The van der Waals surface area contributed by atoms with Crippen molar-refractivity contribution in [3.63, 3.8) is 0 Å². The molecule has 0 aliphatic rings. The molecule has 16 heavy (non-hydrogen) atoms. The first-order valence-corrected chi connectivity index (χ1v) is 5.82. The third-order valence-corrected chi connectivity index (χ3v) is 2.75. The summed E-state index contributed by atoms with van der Waals surface area (Å²) in [7, 11) is 1.59. The molecule has 0 radical (unpaired) electrons. The molecule has 3 heteroatoms. The summed E-state index contributed by atoms with van der Waals surface area (Å²) in [6.45, 7) is 2.16. The van der Waals surface area contributed by atoms with Crippen LogP contribution in [0, 0.1) is 0 Å². The normalized spacial score (nSPS) is 12.4. The predicted molar refractivity (Wildman–Crippen MR) is 65.7 cm³/mol. The highest BCUT2D eigenvalue weighted by molar-refractivity contribution is 5.45. The lowest BCUT2D eigenvalue weighted by atomic mass is 9.99. The van der Waals surface area contributed by atoms with Crippen LogP contribution in [-0.4, -0.2) is 12.2 Å². The van der Waals surface area contributed by atoms with Gasteiger partial charge in [-0.2, -0.15) is 0 Å². The van der Waals surface area contributed by atoms with Crippen LogP contribution < -0.4 is 10.5 Å². The summed E-state index contributed by atoms with van der Waals surface area (Å²) in [6, 6.07) is 5.09. The zero-order valence-corrected chi connectivity index (χ0v) is 10.1. The van der Waals surface area contributed by atoms with Crippen molar-refractivity contribution in [3.05, 3.63) is 23.8 Å². The van der Waals surface area contributed by atoms with Crippen LogP contribution in [0.5, 0.6) is 11.5 Å². The van der Waals surface area contributed by atoms with Crippen LogP contribution in [0.1, 0.15) is 44.2 Å². The minimum Gasteiger partial charge on any atom is -0.507 e. The molecule has 0 spiro atoms. The van der Waals surface area contributed by atoms with Gasteiger partial charge in [-0.15, -0.1) is 0 Å². The summed E-state index contributed by atoms with van der Waals surface area (Å²) in [5, 5.41) is 9.79. The lowest BCUT2D eigenvalue weighted by Crippen LogP contribution is -2.11. The van der Waals surface area contributed by atoms with Gasteiger partial charge in [0.2, 0.25) is 0 Å². The highest BCUT2D eigenvalue weighted by atomic mass is 16.5. The summed E-state index contributed by atoms with van der Waals surface area (Å²) in [5.41, 5.74) is 6.80. The lowest BCUT2D eigenvalue weighted by molar-refractivity contribution is 0.390. The number of hydrogen-bond acceptors (Lipinski definition) is 3. The van der Waals surface area contributed by atoms with Crippen molar-refractivity contribution in [1.29, 1.82) is 0 Å². The van der Waals surface area contributed by atoms with Gasteiger partial charge in [0.15, 0.2) is 0 Å². The van der Waals surface area contributed by atoms with Crippen LogP contribution in [0.4, 0.5) is 0 Å². The SMILES string of the molecule is CCCCC[C@@H](N)c1c(O)cccc1OC. The Morgan fingerprint density at radius 2 is 2.12 bits per heavy atom. The van der Waals surface area contributed by atoms with Gasteiger partial charge >= 0.3 is 0 Å². The minimum absolute atomic E-state index is 0.150. The van der Waals surface area contributed by atoms with E-state index in [9.17, 15) is 5.11 Å². The maximum atomic E-state index is 9.79. The van der Waals surface area contributed by atoms with Crippen LogP contribution >= 0.6 is 0 Å². The van der Waals surface area contributed by atoms with Crippen LogP contribution in [-0.2, 0) is 0 Å². The van der Waals surface area contributed by atoms with Crippen LogP contribution in [0.15, 0.2) is 18.2 Å². The molecule has 0 fully saturated rings. The van der Waals surface area contributed by atoms with E-state index in [-0.39, 0.29) is 11.8 Å². The Balaban J connectivity index is 2.76. The summed E-state index contributed by atoms with van der Waals surface area (Å²) >= 11 is 0. The third kappa shape index (κ3) is 3.14. The number of aromatic hydroxyl groups is 1. The summed E-state index contributed by atoms with van der Waals surface area (Å²) in [5.74, 6) is 0.896. The maximum Gasteiger partial charge on any atom is 0.127 e. The van der Waals surface area contributed by atoms with E-state index in [1.54, 1.807) is 19.2 Å². The average Bonchev–Trinajstić information content (AvgIpc) is 2.28. The molecule has 90 valence electrons. The standard InChI is InChI=1S/C13H21NO2/c1-3-4-5-7-10(14)13-11(15)8-6-9-12(13)16-2/h6,8-10,15H,3-5,7,14H2,1-2H3/t10-/m1/s1. The zero-order valence-electron chi connectivity index (χ0n) is 10.1. The number of nitrogens with two attached hydrogens (primary N) is 1. The molecule has 0 amide bonds. The first kappa shape index (κ1) is 12.8. The molecule has 0 saturated carbocycles. The Morgan fingerprint density at radius 1 is 1.38 bits per heavy atom. The number of methoxy groups -OCH3 is 1. The second-order valence-corrected chi connectivity index (χ2v) is 4.00. The molecule has 1 aromatic rings. The van der Waals surface area contributed by atoms with Crippen molar-refractivity contribution >= 4 is 0 Å². The average molecular weight is 223 g/mol. The molecule has 3 N–H and O–H groups in total. The molecular weight excluding hydrogens is 202 g/mol. The Labute approximate surface area is 97.2 Å². The molecule has 0 bridgehead atoms. The first-order chi connectivity index (χ1) is 7.70. The van der Waals surface area contributed by atoms with Crippen molar-refractivity contribution in [1.82, 2.24) is 0 Å². The smallest absolute Gasteiger partial charge is 0.127 e. The zero-order chi connectivity index (χ0) is 12.0. The van der Waals surface area contributed by atoms with Gasteiger partial charge in [-0.25, -0.2) is 0 Å². The molecule has 0 aliphatic carbocycles. The van der Waals surface area contributed by atoms with E-state index in [0.717, 1.165) is 18.4 Å². The van der Waals surface area contributed by atoms with E-state index in [1.165, 1.54) is 12.8 Å². The number of hydrogen-bond donors (Lipinski definition) is 2. The van der Waals surface area contributed by atoms with E-state index in [4.69, 9.17) is 10.5 Å². The van der Waals surface area contributed by atoms with E-state index >= 15 is 0 Å². The highest BCUT2D eigenvalue weighted by Gasteiger charge is 2.15. The van der Waals surface area contributed by atoms with Crippen molar-refractivity contribution in [2.75, 3.05) is 7.11 Å². The van der Waals surface area contributed by atoms with E-state index < -0.39 is 0 Å². The maximum absolute atomic E-state index is 9.79. The summed E-state index contributed by atoms with van der Waals surface area (Å²) in [6.07, 6.45) is 4.30. The molecular formula is C13H21NO2. The number of phenolic OH excluding ortho intramolecular Hbond substituents is 1. The van der Waals surface area contributed by atoms with E-state index in [0.29, 0.717) is 5.75 Å². The fourth-order valence-electron chi connectivity index (χ4n) is 1.84. The number of benzene rings is 1. The van der Waals surface area contributed by atoms with E-state index in [2.05, 4.69) is 6.92 Å². The summed E-state index contributed by atoms with van der Waals surface area (Å²) in [4.78, 5) is 0. The van der Waals surface area contributed by atoms with Crippen molar-refractivity contribution < 1.29 is 9.84 Å². The Kier molecular flexibility index (Phi) is 5.12. The Hall–Kier alpha value is -1.22. The molecule has 1 atom stereocenters. The predicted octanol–water partition coefficient (Wildman–Crippen LogP) is 2.98. The quantitative estimate of drug-likeness (QED) is 0.729. The molecule has 1 aromatic carbocycles. The van der Waals surface area contributed by atoms with Gasteiger partial charge in [0.1, 0.15) is 11.5 Å². The monoisotopic (exact) mass is 223 g/mol. The fraction of sp³-hybridized carbons (Fsp3) is 0.538.